The molecule has 16 heavy (non-hydrogen) atoms. The maximum Gasteiger partial charge on any atom is 0.177 e. The van der Waals surface area contributed by atoms with Gasteiger partial charge in [0.05, 0.1) is 5.69 Å². The summed E-state index contributed by atoms with van der Waals surface area (Å²) < 4.78 is 1.62. The van der Waals surface area contributed by atoms with Gasteiger partial charge in [-0.1, -0.05) is 23.2 Å². The molecule has 2 heterocycles. The molecule has 0 aliphatic heterocycles. The van der Waals surface area contributed by atoms with Crippen molar-refractivity contribution in [3.8, 4) is 5.82 Å². The van der Waals surface area contributed by atoms with Crippen LogP contribution in [0.25, 0.3) is 5.82 Å². The Morgan fingerprint density at radius 3 is 2.69 bits per heavy atom. The maximum absolute atomic E-state index is 6.24. The Morgan fingerprint density at radius 2 is 2.00 bits per heavy atom. The predicted octanol–water partition coefficient (Wildman–Crippen LogP) is 2.46. The Labute approximate surface area is 102 Å². The van der Waals surface area contributed by atoms with Crippen LogP contribution in [0.4, 0.5) is 0 Å². The van der Waals surface area contributed by atoms with Crippen LogP contribution >= 0.6 is 23.2 Å². The van der Waals surface area contributed by atoms with Gasteiger partial charge in [0, 0.05) is 5.56 Å². The third-order valence-corrected chi connectivity index (χ3v) is 3.27. The van der Waals surface area contributed by atoms with Crippen molar-refractivity contribution in [1.82, 2.24) is 20.0 Å². The molecule has 6 heteroatoms. The Bertz CT molecular complexity index is 532. The highest BCUT2D eigenvalue weighted by Crippen LogP contribution is 2.29. The highest BCUT2D eigenvalue weighted by molar-refractivity contribution is 6.30. The number of rotatable bonds is 1. The normalized spacial score (nSPS) is 14.1. The minimum absolute atomic E-state index is 0.361. The maximum atomic E-state index is 6.24. The van der Waals surface area contributed by atoms with Crippen LogP contribution in [0.5, 0.6) is 0 Å². The zero-order chi connectivity index (χ0) is 11.1. The Balaban J connectivity index is 2.10. The third-order valence-electron chi connectivity index (χ3n) is 2.68. The van der Waals surface area contributed by atoms with Gasteiger partial charge in [-0.25, -0.2) is 4.68 Å². The average Bonchev–Trinajstić information content (AvgIpc) is 2.84. The number of fused-ring (bicyclic) bond motifs is 1. The zero-order valence-corrected chi connectivity index (χ0v) is 9.83. The SMILES string of the molecule is Clc1ccc(-n2nc3c(c2Cl)CCC3)nn1. The molecule has 82 valence electrons. The zero-order valence-electron chi connectivity index (χ0n) is 8.32. The second-order valence-electron chi connectivity index (χ2n) is 3.70. The fourth-order valence-corrected chi connectivity index (χ4v) is 2.36. The minimum Gasteiger partial charge on any atom is -0.201 e. The van der Waals surface area contributed by atoms with Crippen LogP contribution in [-0.2, 0) is 12.8 Å². The van der Waals surface area contributed by atoms with Gasteiger partial charge in [0.25, 0.3) is 0 Å². The van der Waals surface area contributed by atoms with Gasteiger partial charge in [-0.15, -0.1) is 10.2 Å². The molecule has 0 aromatic carbocycles. The van der Waals surface area contributed by atoms with Gasteiger partial charge in [0.2, 0.25) is 0 Å². The molecule has 0 unspecified atom stereocenters. The van der Waals surface area contributed by atoms with Crippen LogP contribution in [0.3, 0.4) is 0 Å². The van der Waals surface area contributed by atoms with Crippen LogP contribution in [0.1, 0.15) is 17.7 Å². The monoisotopic (exact) mass is 254 g/mol. The standard InChI is InChI=1S/C10H8Cl2N4/c11-8-4-5-9(14-13-8)16-10(12)6-2-1-3-7(6)15-16/h4-5H,1-3H2. The van der Waals surface area contributed by atoms with E-state index in [1.54, 1.807) is 16.8 Å². The van der Waals surface area contributed by atoms with E-state index < -0.39 is 0 Å². The summed E-state index contributed by atoms with van der Waals surface area (Å²) >= 11 is 11.9. The highest BCUT2D eigenvalue weighted by Gasteiger charge is 2.22. The molecule has 0 atom stereocenters. The van der Waals surface area contributed by atoms with Crippen molar-refractivity contribution in [2.24, 2.45) is 0 Å². The van der Waals surface area contributed by atoms with Crippen LogP contribution < -0.4 is 0 Å². The van der Waals surface area contributed by atoms with Crippen molar-refractivity contribution >= 4 is 23.2 Å². The number of hydrogen-bond donors (Lipinski definition) is 0. The Hall–Kier alpha value is -1.13. The van der Waals surface area contributed by atoms with Crippen LogP contribution in [0.15, 0.2) is 12.1 Å². The number of hydrogen-bond acceptors (Lipinski definition) is 3. The summed E-state index contributed by atoms with van der Waals surface area (Å²) in [5.41, 5.74) is 2.21. The first kappa shape index (κ1) is 10.1. The summed E-state index contributed by atoms with van der Waals surface area (Å²) in [7, 11) is 0. The minimum atomic E-state index is 0.361. The van der Waals surface area contributed by atoms with Crippen molar-refractivity contribution in [3.05, 3.63) is 33.7 Å². The van der Waals surface area contributed by atoms with Gasteiger partial charge in [-0.3, -0.25) is 0 Å². The van der Waals surface area contributed by atoms with Crippen LogP contribution in [0, 0.1) is 0 Å². The molecule has 0 fully saturated rings. The summed E-state index contributed by atoms with van der Waals surface area (Å²) in [5, 5.41) is 13.2. The van der Waals surface area contributed by atoms with Crippen molar-refractivity contribution < 1.29 is 0 Å². The molecule has 0 bridgehead atoms. The molecule has 2 aromatic rings. The second kappa shape index (κ2) is 3.71. The topological polar surface area (TPSA) is 43.6 Å². The van der Waals surface area contributed by atoms with E-state index in [0.717, 1.165) is 30.5 Å². The first-order valence-electron chi connectivity index (χ1n) is 5.01. The molecule has 1 aliphatic carbocycles. The lowest BCUT2D eigenvalue weighted by Crippen LogP contribution is -2.02. The summed E-state index contributed by atoms with van der Waals surface area (Å²) in [6, 6.07) is 3.43. The molecule has 2 aromatic heterocycles. The quantitative estimate of drug-likeness (QED) is 0.786. The van der Waals surface area contributed by atoms with Gasteiger partial charge in [-0.2, -0.15) is 5.10 Å². The lowest BCUT2D eigenvalue weighted by Gasteiger charge is -2.01. The largest absolute Gasteiger partial charge is 0.201 e. The molecule has 3 rings (SSSR count). The Morgan fingerprint density at radius 1 is 1.12 bits per heavy atom. The van der Waals surface area contributed by atoms with E-state index in [4.69, 9.17) is 23.2 Å². The molecule has 0 N–H and O–H groups in total. The molecule has 4 nitrogen and oxygen atoms in total. The highest BCUT2D eigenvalue weighted by atomic mass is 35.5. The number of halogens is 2. The summed E-state index contributed by atoms with van der Waals surface area (Å²) in [5.74, 6) is 0.601. The first-order chi connectivity index (χ1) is 7.75. The van der Waals surface area contributed by atoms with Gasteiger partial charge < -0.3 is 0 Å². The molecule has 0 spiro atoms. The smallest absolute Gasteiger partial charge is 0.177 e. The van der Waals surface area contributed by atoms with Crippen molar-refractivity contribution in [1.29, 1.82) is 0 Å². The molecular formula is C10H8Cl2N4. The van der Waals surface area contributed by atoms with E-state index >= 15 is 0 Å². The predicted molar refractivity (Wildman–Crippen MR) is 61.2 cm³/mol. The van der Waals surface area contributed by atoms with Gasteiger partial charge in [0.15, 0.2) is 11.0 Å². The van der Waals surface area contributed by atoms with Crippen molar-refractivity contribution in [2.45, 2.75) is 19.3 Å². The summed E-state index contributed by atoms with van der Waals surface area (Å²) in [6.45, 7) is 0. The first-order valence-corrected chi connectivity index (χ1v) is 5.77. The average molecular weight is 255 g/mol. The van der Waals surface area contributed by atoms with E-state index in [9.17, 15) is 0 Å². The summed E-state index contributed by atoms with van der Waals surface area (Å²) in [6.07, 6.45) is 3.11. The van der Waals surface area contributed by atoms with E-state index in [1.807, 2.05) is 0 Å². The Kier molecular flexibility index (Phi) is 2.33. The molecular weight excluding hydrogens is 247 g/mol. The van der Waals surface area contributed by atoms with Gasteiger partial charge >= 0.3 is 0 Å². The molecule has 0 radical (unpaired) electrons. The second-order valence-corrected chi connectivity index (χ2v) is 4.44. The molecule has 0 saturated heterocycles. The molecule has 0 amide bonds. The number of aryl methyl sites for hydroxylation is 1. The fraction of sp³-hybridized carbons (Fsp3) is 0.300. The van der Waals surface area contributed by atoms with Crippen molar-refractivity contribution in [2.75, 3.05) is 0 Å². The summed E-state index contributed by atoms with van der Waals surface area (Å²) in [4.78, 5) is 0. The third kappa shape index (κ3) is 1.49. The fourth-order valence-electron chi connectivity index (χ4n) is 1.93. The van der Waals surface area contributed by atoms with Crippen molar-refractivity contribution in [3.63, 3.8) is 0 Å². The van der Waals surface area contributed by atoms with E-state index in [1.165, 1.54) is 0 Å². The van der Waals surface area contributed by atoms with E-state index in [0.29, 0.717) is 16.1 Å². The lowest BCUT2D eigenvalue weighted by atomic mass is 10.3. The van der Waals surface area contributed by atoms with Gasteiger partial charge in [0.1, 0.15) is 5.15 Å². The van der Waals surface area contributed by atoms with Crippen LogP contribution in [0.2, 0.25) is 10.3 Å². The van der Waals surface area contributed by atoms with E-state index in [-0.39, 0.29) is 0 Å². The molecule has 0 saturated carbocycles. The molecule has 1 aliphatic rings. The van der Waals surface area contributed by atoms with Gasteiger partial charge in [-0.05, 0) is 31.4 Å². The number of nitrogens with zero attached hydrogens (tertiary/aromatic N) is 4. The lowest BCUT2D eigenvalue weighted by molar-refractivity contribution is 0.769. The number of aromatic nitrogens is 4. The van der Waals surface area contributed by atoms with Crippen LogP contribution in [-0.4, -0.2) is 20.0 Å². The van der Waals surface area contributed by atoms with E-state index in [2.05, 4.69) is 15.3 Å².